The molecule has 0 radical (unpaired) electrons. The van der Waals surface area contributed by atoms with E-state index in [-0.39, 0.29) is 23.5 Å². The Morgan fingerprint density at radius 3 is 2.59 bits per heavy atom. The highest BCUT2D eigenvalue weighted by Gasteiger charge is 2.27. The molecule has 27 heavy (non-hydrogen) atoms. The van der Waals surface area contributed by atoms with E-state index in [0.29, 0.717) is 12.8 Å². The molecule has 0 N–H and O–H groups in total. The number of carbonyl (C=O) groups is 1. The van der Waals surface area contributed by atoms with Gasteiger partial charge in [0.1, 0.15) is 0 Å². The summed E-state index contributed by atoms with van der Waals surface area (Å²) in [6.45, 7) is 3.66. The second-order valence-corrected chi connectivity index (χ2v) is 9.14. The molecule has 1 fully saturated rings. The Bertz CT molecular complexity index is 701. The summed E-state index contributed by atoms with van der Waals surface area (Å²) in [5.74, 6) is 0.169. The number of likely N-dealkylation sites (tertiary alicyclic amines) is 1. The van der Waals surface area contributed by atoms with E-state index in [2.05, 4.69) is 4.90 Å². The third kappa shape index (κ3) is 6.90. The zero-order valence-corrected chi connectivity index (χ0v) is 17.5. The lowest BCUT2D eigenvalue weighted by Gasteiger charge is -2.36. The number of hydrogen-bond acceptors (Lipinski definition) is 5. The van der Waals surface area contributed by atoms with Crippen LogP contribution in [0.25, 0.3) is 0 Å². The summed E-state index contributed by atoms with van der Waals surface area (Å²) in [7, 11) is 0.252. The minimum Gasteiger partial charge on any atom is -0.340 e. The van der Waals surface area contributed by atoms with Gasteiger partial charge in [-0.25, -0.2) is 0 Å². The van der Waals surface area contributed by atoms with Crippen LogP contribution in [-0.2, 0) is 19.1 Å². The lowest BCUT2D eigenvalue weighted by Crippen LogP contribution is -2.44. The van der Waals surface area contributed by atoms with Crippen molar-refractivity contribution in [3.8, 4) is 0 Å². The van der Waals surface area contributed by atoms with Crippen LogP contribution in [0.2, 0.25) is 0 Å². The van der Waals surface area contributed by atoms with E-state index in [1.807, 2.05) is 25.9 Å². The van der Waals surface area contributed by atoms with Gasteiger partial charge in [0, 0.05) is 19.0 Å². The molecule has 1 atom stereocenters. The van der Waals surface area contributed by atoms with Gasteiger partial charge in [-0.3, -0.25) is 8.98 Å². The Balaban J connectivity index is 1.86. The van der Waals surface area contributed by atoms with Crippen molar-refractivity contribution in [1.82, 2.24) is 9.80 Å². The lowest BCUT2D eigenvalue weighted by atomic mass is 9.99. The molecule has 1 saturated heterocycles. The number of benzene rings is 1. The maximum Gasteiger partial charge on any atom is 0.296 e. The topological polar surface area (TPSA) is 66.9 Å². The average Bonchev–Trinajstić information content (AvgIpc) is 2.62. The number of carbonyl (C=O) groups excluding carboxylic acids is 1. The molecule has 6 nitrogen and oxygen atoms in total. The van der Waals surface area contributed by atoms with Crippen molar-refractivity contribution >= 4 is 16.0 Å². The molecule has 0 aliphatic carbocycles. The number of hydrogen-bond donors (Lipinski definition) is 0. The van der Waals surface area contributed by atoms with Gasteiger partial charge in [0.05, 0.1) is 11.5 Å². The maximum atomic E-state index is 12.6. The van der Waals surface area contributed by atoms with E-state index in [9.17, 15) is 13.2 Å². The number of amides is 1. The largest absolute Gasteiger partial charge is 0.340 e. The molecule has 152 valence electrons. The Labute approximate surface area is 163 Å². The minimum atomic E-state index is -3.75. The monoisotopic (exact) mass is 396 g/mol. The zero-order valence-electron chi connectivity index (χ0n) is 16.7. The summed E-state index contributed by atoms with van der Waals surface area (Å²) in [5.41, 5.74) is 1.000. The maximum absolute atomic E-state index is 12.6. The Kier molecular flexibility index (Phi) is 8.26. The molecule has 1 amide bonds. The summed E-state index contributed by atoms with van der Waals surface area (Å²) < 4.78 is 29.8. The van der Waals surface area contributed by atoms with Crippen LogP contribution in [-0.4, -0.2) is 64.0 Å². The van der Waals surface area contributed by atoms with Crippen molar-refractivity contribution in [2.45, 2.75) is 56.4 Å². The van der Waals surface area contributed by atoms with Gasteiger partial charge in [0.2, 0.25) is 5.91 Å². The van der Waals surface area contributed by atoms with Gasteiger partial charge in [-0.1, -0.05) is 17.7 Å². The molecule has 0 bridgehead atoms. The van der Waals surface area contributed by atoms with Crippen LogP contribution in [0.1, 0.15) is 44.1 Å². The number of rotatable bonds is 9. The summed E-state index contributed by atoms with van der Waals surface area (Å²) in [6, 6.07) is 6.70. The van der Waals surface area contributed by atoms with Crippen LogP contribution in [0, 0.1) is 6.92 Å². The molecule has 7 heteroatoms. The first-order valence-electron chi connectivity index (χ1n) is 9.70. The van der Waals surface area contributed by atoms with Crippen molar-refractivity contribution in [2.24, 2.45) is 0 Å². The summed E-state index contributed by atoms with van der Waals surface area (Å²) in [5, 5.41) is 0. The standard InChI is InChI=1S/C20H32N2O4S/c1-17-9-11-19(12-10-17)27(24,25)26-16-13-18-7-4-5-15-22(18)20(23)8-6-14-21(2)3/h9-12,18H,4-8,13-16H2,1-3H3. The van der Waals surface area contributed by atoms with Gasteiger partial charge in [0.15, 0.2) is 0 Å². The van der Waals surface area contributed by atoms with Crippen molar-refractivity contribution < 1.29 is 17.4 Å². The Morgan fingerprint density at radius 2 is 1.93 bits per heavy atom. The molecule has 0 aromatic heterocycles. The van der Waals surface area contributed by atoms with E-state index in [1.54, 1.807) is 24.3 Å². The second-order valence-electron chi connectivity index (χ2n) is 7.52. The molecule has 1 unspecified atom stereocenters. The molecule has 0 spiro atoms. The van der Waals surface area contributed by atoms with Crippen LogP contribution in [0.3, 0.4) is 0 Å². The van der Waals surface area contributed by atoms with E-state index in [1.165, 1.54) is 0 Å². The predicted molar refractivity (Wildman–Crippen MR) is 106 cm³/mol. The number of nitrogens with zero attached hydrogens (tertiary/aromatic N) is 2. The smallest absolute Gasteiger partial charge is 0.296 e. The minimum absolute atomic E-state index is 0.0684. The highest BCUT2D eigenvalue weighted by molar-refractivity contribution is 7.86. The average molecular weight is 397 g/mol. The van der Waals surface area contributed by atoms with Gasteiger partial charge < -0.3 is 9.80 Å². The molecule has 1 aliphatic rings. The third-order valence-corrected chi connectivity index (χ3v) is 6.27. The van der Waals surface area contributed by atoms with Crippen molar-refractivity contribution in [1.29, 1.82) is 0 Å². The molecule has 1 aromatic carbocycles. The quantitative estimate of drug-likeness (QED) is 0.601. The Hall–Kier alpha value is -1.44. The summed E-state index contributed by atoms with van der Waals surface area (Å²) >= 11 is 0. The van der Waals surface area contributed by atoms with E-state index >= 15 is 0 Å². The third-order valence-electron chi connectivity index (χ3n) is 4.94. The van der Waals surface area contributed by atoms with Crippen LogP contribution < -0.4 is 0 Å². The zero-order chi connectivity index (χ0) is 19.9. The normalized spacial score (nSPS) is 18.1. The second kappa shape index (κ2) is 10.2. The summed E-state index contributed by atoms with van der Waals surface area (Å²) in [4.78, 5) is 16.7. The molecule has 1 aliphatic heterocycles. The van der Waals surface area contributed by atoms with Gasteiger partial charge in [-0.15, -0.1) is 0 Å². The molecular formula is C20H32N2O4S. The van der Waals surface area contributed by atoms with Crippen molar-refractivity contribution in [2.75, 3.05) is 33.8 Å². The first-order valence-corrected chi connectivity index (χ1v) is 11.1. The van der Waals surface area contributed by atoms with Crippen molar-refractivity contribution in [3.05, 3.63) is 29.8 Å². The number of aryl methyl sites for hydroxylation is 1. The highest BCUT2D eigenvalue weighted by atomic mass is 32.2. The van der Waals surface area contributed by atoms with Crippen molar-refractivity contribution in [3.63, 3.8) is 0 Å². The van der Waals surface area contributed by atoms with Crippen LogP contribution in [0.15, 0.2) is 29.2 Å². The van der Waals surface area contributed by atoms with E-state index in [4.69, 9.17) is 4.18 Å². The van der Waals surface area contributed by atoms with E-state index < -0.39 is 10.1 Å². The molecule has 0 saturated carbocycles. The molecule has 1 aromatic rings. The predicted octanol–water partition coefficient (Wildman–Crippen LogP) is 2.81. The van der Waals surface area contributed by atoms with Crippen LogP contribution in [0.5, 0.6) is 0 Å². The first-order chi connectivity index (χ1) is 12.8. The van der Waals surface area contributed by atoms with Gasteiger partial charge in [0.25, 0.3) is 10.1 Å². The number of piperidine rings is 1. The fourth-order valence-electron chi connectivity index (χ4n) is 3.39. The molecular weight excluding hydrogens is 364 g/mol. The fraction of sp³-hybridized carbons (Fsp3) is 0.650. The van der Waals surface area contributed by atoms with Gasteiger partial charge in [-0.05, 0) is 71.8 Å². The SMILES string of the molecule is Cc1ccc(S(=O)(=O)OCCC2CCCCN2C(=O)CCCN(C)C)cc1. The Morgan fingerprint density at radius 1 is 1.22 bits per heavy atom. The van der Waals surface area contributed by atoms with Gasteiger partial charge >= 0.3 is 0 Å². The molecule has 2 rings (SSSR count). The van der Waals surface area contributed by atoms with E-state index in [0.717, 1.165) is 44.3 Å². The van der Waals surface area contributed by atoms with Gasteiger partial charge in [-0.2, -0.15) is 8.42 Å². The first kappa shape index (κ1) is 21.9. The lowest BCUT2D eigenvalue weighted by molar-refractivity contribution is -0.135. The fourth-order valence-corrected chi connectivity index (χ4v) is 4.31. The highest BCUT2D eigenvalue weighted by Crippen LogP contribution is 2.22. The summed E-state index contributed by atoms with van der Waals surface area (Å²) in [6.07, 6.45) is 4.91. The van der Waals surface area contributed by atoms with Crippen LogP contribution >= 0.6 is 0 Å². The molecule has 1 heterocycles. The van der Waals surface area contributed by atoms with Crippen LogP contribution in [0.4, 0.5) is 0 Å².